The predicted molar refractivity (Wildman–Crippen MR) is 133 cm³/mol. The summed E-state index contributed by atoms with van der Waals surface area (Å²) in [4.78, 5) is 28.4. The second-order valence-corrected chi connectivity index (χ2v) is 10.0. The quantitative estimate of drug-likeness (QED) is 0.442. The third kappa shape index (κ3) is 3.90. The van der Waals surface area contributed by atoms with Gasteiger partial charge in [0.1, 0.15) is 12.4 Å². The first-order valence-corrected chi connectivity index (χ1v) is 12.5. The first-order chi connectivity index (χ1) is 17.5. The number of hydrogen-bond acceptors (Lipinski definition) is 4. The molecular weight excluding hydrogens is 457 g/mol. The zero-order chi connectivity index (χ0) is 24.8. The minimum absolute atomic E-state index is 0.00184. The van der Waals surface area contributed by atoms with Gasteiger partial charge in [-0.2, -0.15) is 0 Å². The van der Waals surface area contributed by atoms with E-state index in [0.29, 0.717) is 37.2 Å². The topological polar surface area (TPSA) is 55.8 Å². The summed E-state index contributed by atoms with van der Waals surface area (Å²) >= 11 is 0. The number of Topliss-reactive ketones (excluding diaryl/α,β-unsaturated/α-hetero) is 1. The fourth-order valence-corrected chi connectivity index (χ4v) is 6.22. The van der Waals surface area contributed by atoms with Gasteiger partial charge in [-0.15, -0.1) is 0 Å². The zero-order valence-corrected chi connectivity index (χ0v) is 20.2. The summed E-state index contributed by atoms with van der Waals surface area (Å²) < 4.78 is 25.2. The van der Waals surface area contributed by atoms with Crippen molar-refractivity contribution in [3.8, 4) is 11.1 Å². The number of halogens is 1. The van der Waals surface area contributed by atoms with Crippen LogP contribution in [0.2, 0.25) is 0 Å². The van der Waals surface area contributed by atoms with Crippen LogP contribution in [0.25, 0.3) is 11.1 Å². The van der Waals surface area contributed by atoms with Crippen molar-refractivity contribution in [2.24, 2.45) is 5.92 Å². The molecule has 6 heteroatoms. The van der Waals surface area contributed by atoms with Crippen molar-refractivity contribution in [3.63, 3.8) is 0 Å². The van der Waals surface area contributed by atoms with Crippen LogP contribution in [0.3, 0.4) is 0 Å². The number of benzene rings is 3. The Kier molecular flexibility index (Phi) is 5.84. The van der Waals surface area contributed by atoms with Crippen LogP contribution in [0.4, 0.5) is 9.18 Å². The van der Waals surface area contributed by atoms with Gasteiger partial charge < -0.3 is 9.47 Å². The molecule has 2 unspecified atom stereocenters. The number of carbonyl (C=O) groups excluding carboxylic acids is 2. The number of nitrogens with zero attached hydrogens (tertiary/aromatic N) is 1. The molecule has 36 heavy (non-hydrogen) atoms. The van der Waals surface area contributed by atoms with E-state index in [1.807, 2.05) is 24.3 Å². The smallest absolute Gasteiger partial charge is 0.410 e. The Morgan fingerprint density at radius 3 is 2.17 bits per heavy atom. The van der Waals surface area contributed by atoms with E-state index in [1.165, 1.54) is 34.4 Å². The van der Waals surface area contributed by atoms with Crippen molar-refractivity contribution in [3.05, 3.63) is 94.8 Å². The first kappa shape index (κ1) is 22.9. The summed E-state index contributed by atoms with van der Waals surface area (Å²) in [6.07, 6.45) is 0.672. The van der Waals surface area contributed by atoms with Crippen LogP contribution < -0.4 is 0 Å². The lowest BCUT2D eigenvalue weighted by molar-refractivity contribution is -0.0747. The summed E-state index contributed by atoms with van der Waals surface area (Å²) in [6, 6.07) is 20.4. The molecule has 3 aliphatic rings. The fraction of sp³-hybridized carbons (Fsp3) is 0.333. The molecule has 0 spiro atoms. The number of morpholine rings is 1. The summed E-state index contributed by atoms with van der Waals surface area (Å²) in [5, 5.41) is 0. The first-order valence-electron chi connectivity index (χ1n) is 12.5. The highest BCUT2D eigenvalue weighted by Gasteiger charge is 2.45. The second-order valence-electron chi connectivity index (χ2n) is 10.0. The second kappa shape index (κ2) is 9.17. The van der Waals surface area contributed by atoms with E-state index in [-0.39, 0.29) is 48.2 Å². The molecule has 1 aliphatic carbocycles. The highest BCUT2D eigenvalue weighted by molar-refractivity contribution is 5.99. The van der Waals surface area contributed by atoms with Gasteiger partial charge in [0.2, 0.25) is 0 Å². The molecule has 0 N–H and O–H groups in total. The maximum absolute atomic E-state index is 13.5. The summed E-state index contributed by atoms with van der Waals surface area (Å²) in [7, 11) is 0. The molecule has 2 heterocycles. The van der Waals surface area contributed by atoms with Crippen molar-refractivity contribution in [2.45, 2.75) is 37.8 Å². The Morgan fingerprint density at radius 1 is 0.944 bits per heavy atom. The molecule has 2 aliphatic heterocycles. The predicted octanol–water partition coefficient (Wildman–Crippen LogP) is 5.75. The molecular formula is C30H28FNO4. The Labute approximate surface area is 209 Å². The van der Waals surface area contributed by atoms with E-state index < -0.39 is 0 Å². The Morgan fingerprint density at radius 2 is 1.56 bits per heavy atom. The van der Waals surface area contributed by atoms with Gasteiger partial charge in [0.05, 0.1) is 25.3 Å². The number of piperidine rings is 1. The number of aryl methyl sites for hydroxylation is 1. The summed E-state index contributed by atoms with van der Waals surface area (Å²) in [6.45, 7) is 2.78. The lowest BCUT2D eigenvalue weighted by Crippen LogP contribution is -2.60. The number of ether oxygens (including phenoxy) is 2. The van der Waals surface area contributed by atoms with Crippen LogP contribution in [-0.2, 0) is 9.47 Å². The van der Waals surface area contributed by atoms with Gasteiger partial charge in [0.15, 0.2) is 5.78 Å². The molecule has 2 bridgehead atoms. The van der Waals surface area contributed by atoms with Gasteiger partial charge in [-0.05, 0) is 65.8 Å². The van der Waals surface area contributed by atoms with E-state index in [4.69, 9.17) is 9.47 Å². The van der Waals surface area contributed by atoms with Crippen LogP contribution in [0.1, 0.15) is 45.8 Å². The molecule has 0 saturated carbocycles. The molecule has 184 valence electrons. The number of hydrogen-bond donors (Lipinski definition) is 0. The maximum Gasteiger partial charge on any atom is 0.410 e. The number of fused-ring (bicyclic) bond motifs is 5. The van der Waals surface area contributed by atoms with E-state index in [1.54, 1.807) is 17.9 Å². The minimum atomic E-state index is -0.348. The zero-order valence-electron chi connectivity index (χ0n) is 20.2. The van der Waals surface area contributed by atoms with Crippen LogP contribution >= 0.6 is 0 Å². The normalized spacial score (nSPS) is 22.6. The lowest BCUT2D eigenvalue weighted by Gasteiger charge is -2.47. The third-order valence-electron chi connectivity index (χ3n) is 7.89. The monoisotopic (exact) mass is 485 g/mol. The standard InChI is InChI=1S/C30H28FNO4/c1-18-12-20(31)10-11-23(18)29(33)19-13-21-15-35-16-22(14-19)32(21)30(34)36-17-28-26-8-4-2-6-24(26)25-7-3-5-9-27(25)28/h2-12,19,21-22,28H,13-17H2,1H3. The molecule has 2 atom stereocenters. The molecule has 0 radical (unpaired) electrons. The highest BCUT2D eigenvalue weighted by Crippen LogP contribution is 2.44. The van der Waals surface area contributed by atoms with E-state index in [9.17, 15) is 14.0 Å². The SMILES string of the molecule is Cc1cc(F)ccc1C(=O)C1CC2COCC(C1)N2C(=O)OCC1c2ccccc2-c2ccccc21. The molecule has 2 fully saturated rings. The molecule has 5 nitrogen and oxygen atoms in total. The Bertz CT molecular complexity index is 1280. The number of rotatable bonds is 4. The molecule has 0 aromatic heterocycles. The van der Waals surface area contributed by atoms with Crippen molar-refractivity contribution in [1.29, 1.82) is 0 Å². The van der Waals surface area contributed by atoms with Gasteiger partial charge in [0.25, 0.3) is 0 Å². The van der Waals surface area contributed by atoms with Crippen molar-refractivity contribution >= 4 is 11.9 Å². The van der Waals surface area contributed by atoms with E-state index in [0.717, 1.165) is 0 Å². The maximum atomic E-state index is 13.5. The van der Waals surface area contributed by atoms with Gasteiger partial charge in [0, 0.05) is 17.4 Å². The molecule has 1 amide bonds. The number of amides is 1. The minimum Gasteiger partial charge on any atom is -0.448 e. The molecule has 3 aromatic rings. The highest BCUT2D eigenvalue weighted by atomic mass is 19.1. The van der Waals surface area contributed by atoms with Crippen LogP contribution in [0.5, 0.6) is 0 Å². The Balaban J connectivity index is 1.17. The van der Waals surface area contributed by atoms with E-state index >= 15 is 0 Å². The van der Waals surface area contributed by atoms with Crippen molar-refractivity contribution < 1.29 is 23.5 Å². The fourth-order valence-electron chi connectivity index (χ4n) is 6.22. The van der Waals surface area contributed by atoms with Gasteiger partial charge in [-0.3, -0.25) is 9.69 Å². The largest absolute Gasteiger partial charge is 0.448 e. The summed E-state index contributed by atoms with van der Waals surface area (Å²) in [5.41, 5.74) is 5.92. The van der Waals surface area contributed by atoms with Crippen LogP contribution in [0.15, 0.2) is 66.7 Å². The molecule has 3 aromatic carbocycles. The van der Waals surface area contributed by atoms with Gasteiger partial charge in [-0.1, -0.05) is 48.5 Å². The van der Waals surface area contributed by atoms with E-state index in [2.05, 4.69) is 24.3 Å². The third-order valence-corrected chi connectivity index (χ3v) is 7.89. The molecule has 6 rings (SSSR count). The average molecular weight is 486 g/mol. The summed E-state index contributed by atoms with van der Waals surface area (Å²) in [5.74, 6) is -0.570. The number of ketones is 1. The van der Waals surface area contributed by atoms with Crippen molar-refractivity contribution in [1.82, 2.24) is 4.90 Å². The van der Waals surface area contributed by atoms with Crippen LogP contribution in [0, 0.1) is 18.7 Å². The lowest BCUT2D eigenvalue weighted by atomic mass is 9.80. The molecule has 2 saturated heterocycles. The van der Waals surface area contributed by atoms with Crippen LogP contribution in [-0.4, -0.2) is 48.7 Å². The van der Waals surface area contributed by atoms with Gasteiger partial charge in [-0.25, -0.2) is 9.18 Å². The number of carbonyl (C=O) groups is 2. The van der Waals surface area contributed by atoms with Gasteiger partial charge >= 0.3 is 6.09 Å². The van der Waals surface area contributed by atoms with Crippen molar-refractivity contribution in [2.75, 3.05) is 19.8 Å². The Hall–Kier alpha value is -3.51. The average Bonchev–Trinajstić information content (AvgIpc) is 3.20.